The lowest BCUT2D eigenvalue weighted by atomic mass is 9.48. The Bertz CT molecular complexity index is 3970. The zero-order valence-electron chi connectivity index (χ0n) is 63.9. The Kier molecular flexibility index (Phi) is 25.1. The minimum Gasteiger partial charge on any atom is -0.382 e. The van der Waals surface area contributed by atoms with Crippen LogP contribution >= 0.6 is 0 Å². The van der Waals surface area contributed by atoms with Gasteiger partial charge in [-0.1, -0.05) is 156 Å². The minimum absolute atomic E-state index is 0.424. The molecule has 10 saturated carbocycles. The third kappa shape index (κ3) is 20.0. The quantitative estimate of drug-likeness (QED) is 0.0368. The maximum absolute atomic E-state index is 5.48. The van der Waals surface area contributed by atoms with Gasteiger partial charge in [0.25, 0.3) is 23.6 Å². The lowest BCUT2D eigenvalue weighted by Gasteiger charge is -2.57. The number of nitrogens with zero attached hydrogens (tertiary/aromatic N) is 11. The largest absolute Gasteiger partial charge is 0.382 e. The van der Waals surface area contributed by atoms with Crippen molar-refractivity contribution in [1.82, 2.24) is 55.5 Å². The molecule has 105 heavy (non-hydrogen) atoms. The molecule has 7 aromatic heterocycles. The fourth-order valence-corrected chi connectivity index (χ4v) is 19.4. The number of aryl methyl sites for hydroxylation is 4. The van der Waals surface area contributed by atoms with E-state index in [1.54, 1.807) is 0 Å². The van der Waals surface area contributed by atoms with Gasteiger partial charge in [0, 0.05) is 66.1 Å². The molecule has 10 fully saturated rings. The molecule has 0 spiro atoms. The van der Waals surface area contributed by atoms with Gasteiger partial charge >= 0.3 is 0 Å². The number of pyridine rings is 3. The van der Waals surface area contributed by atoms with Crippen LogP contribution in [0.2, 0.25) is 0 Å². The molecule has 21 heteroatoms. The average Bonchev–Trinajstić information content (AvgIpc) is 1.08. The third-order valence-electron chi connectivity index (χ3n) is 24.5. The predicted molar refractivity (Wildman–Crippen MR) is 417 cm³/mol. The lowest BCUT2D eigenvalue weighted by Crippen LogP contribution is -2.47. The summed E-state index contributed by atoms with van der Waals surface area (Å²) in [5, 5.41) is 38.0. The molecule has 10 aliphatic rings. The van der Waals surface area contributed by atoms with Crippen LogP contribution in [0, 0.1) is 56.8 Å². The molecule has 21 nitrogen and oxygen atoms in total. The van der Waals surface area contributed by atoms with E-state index < -0.39 is 0 Å². The molecular weight excluding hydrogens is 1310 g/mol. The topological polar surface area (TPSA) is 267 Å². The van der Waals surface area contributed by atoms with E-state index in [2.05, 4.69) is 133 Å². The summed E-state index contributed by atoms with van der Waals surface area (Å²) >= 11 is 0. The van der Waals surface area contributed by atoms with Gasteiger partial charge in [0.2, 0.25) is 0 Å². The van der Waals surface area contributed by atoms with Crippen LogP contribution in [-0.2, 0) is 12.8 Å². The van der Waals surface area contributed by atoms with Gasteiger partial charge in [0.15, 0.2) is 23.3 Å². The first kappa shape index (κ1) is 73.9. The van der Waals surface area contributed by atoms with Crippen LogP contribution in [0.4, 0.5) is 34.4 Å². The molecular formula is C84H119N17O4. The van der Waals surface area contributed by atoms with E-state index in [4.69, 9.17) is 23.1 Å². The summed E-state index contributed by atoms with van der Waals surface area (Å²) < 4.78 is 21.4. The molecule has 0 atom stereocenters. The molecule has 564 valence electrons. The van der Waals surface area contributed by atoms with E-state index >= 15 is 0 Å². The summed E-state index contributed by atoms with van der Waals surface area (Å²) in [5.74, 6) is 10.6. The van der Waals surface area contributed by atoms with Crippen molar-refractivity contribution in [3.63, 3.8) is 0 Å². The maximum atomic E-state index is 5.48. The van der Waals surface area contributed by atoms with Crippen molar-refractivity contribution in [2.24, 2.45) is 29.1 Å². The number of nitrogens with one attached hydrogen (secondary N) is 6. The molecule has 18 rings (SSSR count). The van der Waals surface area contributed by atoms with Crippen molar-refractivity contribution in [1.29, 1.82) is 0 Å². The van der Waals surface area contributed by atoms with Gasteiger partial charge in [-0.2, -0.15) is 19.9 Å². The predicted octanol–water partition coefficient (Wildman–Crippen LogP) is 20.8. The van der Waals surface area contributed by atoms with E-state index in [-0.39, 0.29) is 0 Å². The standard InChI is InChI=1S/C26H35N3O.C21H30N4O.C19H29N5O.C18H25N5O/c1-17-27-25(30-29-17)21-7-8-22(24(12-21)28-23-5-3-2-4-6-23)16-26-13-18-9-19(14-26)11-20(10-18)15-26;1-15-23-21(26-25-15)17-13-20(24-18-10-6-3-7-11-18)19(22-14-17)12-16-8-4-2-5-9-16;1-4-15(5-2)22-17-11-14(19-21-13(3)24-25-19)12-20-18(17)23-16-9-7-6-8-10-16;1-12-20-18(24-23-12)13-10-16(21-14-6-2-3-7-14)17(19-11-13)22-15-8-4-5-9-15/h7-8,12,18-20,23,28H,2-6,9-11,13-16H2,1H3;13-14,16,18,24H,2-12H2,1H3;11-12,15-16,22H,4-10H2,1-3H3,(H,20,23);10-11,14-15,21H,2-9H2,1H3,(H,19,22). The summed E-state index contributed by atoms with van der Waals surface area (Å²) in [5.41, 5.74) is 11.5. The maximum Gasteiger partial charge on any atom is 0.259 e. The van der Waals surface area contributed by atoms with Crippen LogP contribution < -0.4 is 31.9 Å². The molecule has 0 amide bonds. The zero-order valence-corrected chi connectivity index (χ0v) is 63.9. The Labute approximate surface area is 623 Å². The van der Waals surface area contributed by atoms with E-state index in [1.807, 2.05) is 46.3 Å². The van der Waals surface area contributed by atoms with Crippen molar-refractivity contribution in [2.45, 2.75) is 322 Å². The van der Waals surface area contributed by atoms with Crippen LogP contribution in [0.3, 0.4) is 0 Å². The van der Waals surface area contributed by atoms with Crippen molar-refractivity contribution >= 4 is 34.4 Å². The monoisotopic (exact) mass is 1430 g/mol. The molecule has 8 aromatic rings. The van der Waals surface area contributed by atoms with Crippen LogP contribution in [0.25, 0.3) is 45.8 Å². The Hall–Kier alpha value is -7.97. The Morgan fingerprint density at radius 3 is 1.17 bits per heavy atom. The first-order chi connectivity index (χ1) is 51.4. The zero-order chi connectivity index (χ0) is 71.9. The highest BCUT2D eigenvalue weighted by molar-refractivity contribution is 5.73. The summed E-state index contributed by atoms with van der Waals surface area (Å²) in [7, 11) is 0. The van der Waals surface area contributed by atoms with E-state index in [0.717, 1.165) is 88.2 Å². The highest BCUT2D eigenvalue weighted by atomic mass is 16.5. The second kappa shape index (κ2) is 35.6. The van der Waals surface area contributed by atoms with Crippen LogP contribution in [0.1, 0.15) is 280 Å². The molecule has 0 saturated heterocycles. The summed E-state index contributed by atoms with van der Waals surface area (Å²) in [6.45, 7) is 11.8. The van der Waals surface area contributed by atoms with Crippen molar-refractivity contribution in [3.05, 3.63) is 89.5 Å². The van der Waals surface area contributed by atoms with Crippen molar-refractivity contribution < 1.29 is 18.1 Å². The molecule has 0 unspecified atom stereocenters. The molecule has 10 aliphatic carbocycles. The van der Waals surface area contributed by atoms with Crippen LogP contribution in [0.5, 0.6) is 0 Å². The smallest absolute Gasteiger partial charge is 0.259 e. The van der Waals surface area contributed by atoms with Crippen molar-refractivity contribution in [2.75, 3.05) is 31.9 Å². The Morgan fingerprint density at radius 1 is 0.390 bits per heavy atom. The van der Waals surface area contributed by atoms with Gasteiger partial charge in [-0.3, -0.25) is 4.98 Å². The normalized spacial score (nSPS) is 22.4. The van der Waals surface area contributed by atoms with Crippen LogP contribution in [0.15, 0.2) is 73.1 Å². The molecule has 4 bridgehead atoms. The number of rotatable bonds is 22. The number of benzene rings is 1. The van der Waals surface area contributed by atoms with Gasteiger partial charge in [-0.15, -0.1) is 0 Å². The molecule has 6 N–H and O–H groups in total. The SMILES string of the molecule is CCC(CC)Nc1cc(-c2nc(C)no2)cnc1NC1CCCCC1.Cc1noc(-c2ccc(CC34CC5CC(CC(C5)C3)C4)c(NC3CCCCC3)c2)n1.Cc1noc(-c2cnc(CC3CCCCC3)c(NC3CCCCC3)c2)n1.Cc1noc(-c2cnc(NC3CCCC3)c(NC3CCCC3)c2)n1. The molecule has 7 heterocycles. The van der Waals surface area contributed by atoms with Gasteiger partial charge in [0.05, 0.1) is 39.4 Å². The fraction of sp³-hybridized carbons (Fsp3) is 0.655. The second-order valence-electron chi connectivity index (χ2n) is 33.1. The van der Waals surface area contributed by atoms with Crippen molar-refractivity contribution in [3.8, 4) is 45.8 Å². The lowest BCUT2D eigenvalue weighted by molar-refractivity contribution is -0.0521. The highest BCUT2D eigenvalue weighted by Crippen LogP contribution is 2.61. The van der Waals surface area contributed by atoms with E-state index in [1.165, 1.54) is 247 Å². The van der Waals surface area contributed by atoms with E-state index in [9.17, 15) is 0 Å². The van der Waals surface area contributed by atoms with E-state index in [0.29, 0.717) is 88.5 Å². The number of anilines is 6. The fourth-order valence-electron chi connectivity index (χ4n) is 19.4. The highest BCUT2D eigenvalue weighted by Gasteiger charge is 2.51. The minimum atomic E-state index is 0.424. The Balaban J connectivity index is 0.000000118. The van der Waals surface area contributed by atoms with Gasteiger partial charge in [0.1, 0.15) is 11.6 Å². The molecule has 0 aliphatic heterocycles. The average molecular weight is 1430 g/mol. The summed E-state index contributed by atoms with van der Waals surface area (Å²) in [6, 6.07) is 16.4. The summed E-state index contributed by atoms with van der Waals surface area (Å²) in [4.78, 5) is 31.7. The van der Waals surface area contributed by atoms with Gasteiger partial charge in [-0.25, -0.2) is 9.97 Å². The third-order valence-corrected chi connectivity index (χ3v) is 24.5. The number of hydrogen-bond donors (Lipinski definition) is 6. The molecule has 0 radical (unpaired) electrons. The van der Waals surface area contributed by atoms with Crippen LogP contribution in [-0.4, -0.2) is 91.8 Å². The van der Waals surface area contributed by atoms with Gasteiger partial charge < -0.3 is 50.0 Å². The number of hydrogen-bond acceptors (Lipinski definition) is 21. The number of aromatic nitrogens is 11. The first-order valence-corrected chi connectivity index (χ1v) is 41.3. The van der Waals surface area contributed by atoms with Gasteiger partial charge in [-0.05, 0) is 221 Å². The summed E-state index contributed by atoms with van der Waals surface area (Å²) in [6.07, 6.45) is 55.5. The molecule has 1 aromatic carbocycles. The second-order valence-corrected chi connectivity index (χ2v) is 33.1. The Morgan fingerprint density at radius 2 is 0.743 bits per heavy atom. The first-order valence-electron chi connectivity index (χ1n) is 41.3.